The van der Waals surface area contributed by atoms with Gasteiger partial charge in [-0.3, -0.25) is 4.79 Å². The lowest BCUT2D eigenvalue weighted by Gasteiger charge is -2.40. The maximum Gasteiger partial charge on any atom is 0.288 e. The predicted molar refractivity (Wildman–Crippen MR) is 100 cm³/mol. The van der Waals surface area contributed by atoms with Crippen molar-refractivity contribution in [1.82, 2.24) is 9.78 Å². The molecule has 2 aromatic rings. The van der Waals surface area contributed by atoms with Crippen molar-refractivity contribution in [2.75, 3.05) is 25.0 Å². The van der Waals surface area contributed by atoms with E-state index < -0.39 is 20.0 Å². The number of para-hydroxylation sites is 1. The highest BCUT2D eigenvalue weighted by Crippen LogP contribution is 2.36. The number of sulfone groups is 1. The molecule has 10 heteroatoms. The van der Waals surface area contributed by atoms with E-state index in [1.54, 1.807) is 32.0 Å². The Morgan fingerprint density at radius 2 is 1.85 bits per heavy atom. The lowest BCUT2D eigenvalue weighted by atomic mass is 10.3. The van der Waals surface area contributed by atoms with Gasteiger partial charge in [-0.25, -0.2) is 13.1 Å². The van der Waals surface area contributed by atoms with Gasteiger partial charge in [0.25, 0.3) is 5.56 Å². The molecule has 0 saturated carbocycles. The number of nitrogens with one attached hydrogen (secondary N) is 1. The Bertz CT molecular complexity index is 970. The third-order valence-electron chi connectivity index (χ3n) is 4.59. The fourth-order valence-electron chi connectivity index (χ4n) is 2.86. The number of rotatable bonds is 5. The van der Waals surface area contributed by atoms with E-state index >= 15 is 0 Å². The molecule has 0 unspecified atom stereocenters. The van der Waals surface area contributed by atoms with Crippen molar-refractivity contribution in [2.24, 2.45) is 0 Å². The summed E-state index contributed by atoms with van der Waals surface area (Å²) in [5.41, 5.74) is -0.131. The Balaban J connectivity index is 0.00000243. The van der Waals surface area contributed by atoms with E-state index in [-0.39, 0.29) is 41.0 Å². The minimum atomic E-state index is -3.94. The third-order valence-corrected chi connectivity index (χ3v) is 6.45. The number of benzene rings is 1. The summed E-state index contributed by atoms with van der Waals surface area (Å²) in [5, 5.41) is 19.3. The molecule has 1 aromatic carbocycles. The summed E-state index contributed by atoms with van der Waals surface area (Å²) >= 11 is 0. The zero-order chi connectivity index (χ0) is 18.2. The van der Waals surface area contributed by atoms with E-state index in [0.29, 0.717) is 18.8 Å². The molecule has 2 heterocycles. The van der Waals surface area contributed by atoms with Crippen LogP contribution in [0.1, 0.15) is 13.8 Å². The number of halogens is 1. The Morgan fingerprint density at radius 1 is 1.19 bits per heavy atom. The normalized spacial score (nSPS) is 14.6. The van der Waals surface area contributed by atoms with Crippen LogP contribution in [0.2, 0.25) is 0 Å². The molecule has 1 aromatic heterocycles. The summed E-state index contributed by atoms with van der Waals surface area (Å²) < 4.78 is 26.3. The number of hydrogen-bond donors (Lipinski definition) is 1. The highest BCUT2D eigenvalue weighted by Gasteiger charge is 2.33. The molecule has 0 bridgehead atoms. The fraction of sp³-hybridized carbons (Fsp3) is 0.375. The number of aromatic nitrogens is 2. The first-order valence-corrected chi connectivity index (χ1v) is 9.59. The van der Waals surface area contributed by atoms with Crippen molar-refractivity contribution in [3.05, 3.63) is 46.0 Å². The van der Waals surface area contributed by atoms with Crippen molar-refractivity contribution in [2.45, 2.75) is 30.2 Å². The molecule has 0 saturated heterocycles. The SMILES string of the molecule is CC[N+]([O-])(CC)CCn1ncc2c(c1=O)S(=O)(=O)c1ccccc1N2.Cl. The van der Waals surface area contributed by atoms with Gasteiger partial charge < -0.3 is 15.2 Å². The van der Waals surface area contributed by atoms with Gasteiger partial charge in [-0.1, -0.05) is 12.1 Å². The van der Waals surface area contributed by atoms with E-state index in [9.17, 15) is 18.4 Å². The van der Waals surface area contributed by atoms with Gasteiger partial charge in [-0.05, 0) is 26.0 Å². The lowest BCUT2D eigenvalue weighted by molar-refractivity contribution is -0.877. The molecular weight excluding hydrogens is 380 g/mol. The van der Waals surface area contributed by atoms with Crippen LogP contribution >= 0.6 is 12.4 Å². The van der Waals surface area contributed by atoms with E-state index in [4.69, 9.17) is 0 Å². The molecule has 0 amide bonds. The van der Waals surface area contributed by atoms with E-state index in [1.807, 2.05) is 0 Å². The Hall–Kier alpha value is -1.94. The first-order chi connectivity index (χ1) is 11.8. The first-order valence-electron chi connectivity index (χ1n) is 8.11. The quantitative estimate of drug-likeness (QED) is 0.518. The molecule has 0 atom stereocenters. The molecule has 0 spiro atoms. The van der Waals surface area contributed by atoms with Crippen molar-refractivity contribution < 1.29 is 13.1 Å². The van der Waals surface area contributed by atoms with Crippen molar-refractivity contribution in [1.29, 1.82) is 0 Å². The Labute approximate surface area is 157 Å². The number of fused-ring (bicyclic) bond motifs is 2. The predicted octanol–water partition coefficient (Wildman–Crippen LogP) is 1.91. The van der Waals surface area contributed by atoms with Crippen LogP contribution < -0.4 is 10.9 Å². The number of hydroxylamine groups is 3. The number of anilines is 2. The molecule has 0 aliphatic carbocycles. The average Bonchev–Trinajstić information content (AvgIpc) is 2.60. The smallest absolute Gasteiger partial charge is 0.288 e. The van der Waals surface area contributed by atoms with Crippen molar-refractivity contribution >= 4 is 33.6 Å². The van der Waals surface area contributed by atoms with Gasteiger partial charge in [0, 0.05) is 0 Å². The van der Waals surface area contributed by atoms with Gasteiger partial charge in [-0.15, -0.1) is 12.4 Å². The summed E-state index contributed by atoms with van der Waals surface area (Å²) in [6.07, 6.45) is 1.32. The van der Waals surface area contributed by atoms with Gasteiger partial charge in [0.1, 0.15) is 0 Å². The van der Waals surface area contributed by atoms with Crippen molar-refractivity contribution in [3.63, 3.8) is 0 Å². The molecule has 1 aliphatic rings. The second kappa shape index (κ2) is 7.36. The van der Waals surface area contributed by atoms with Gasteiger partial charge in [0.2, 0.25) is 9.84 Å². The highest BCUT2D eigenvalue weighted by atomic mass is 35.5. The minimum absolute atomic E-state index is 0. The summed E-state index contributed by atoms with van der Waals surface area (Å²) in [6.45, 7) is 4.54. The third kappa shape index (κ3) is 3.35. The zero-order valence-electron chi connectivity index (χ0n) is 14.5. The van der Waals surface area contributed by atoms with Crippen LogP contribution in [0.4, 0.5) is 11.4 Å². The molecule has 1 aliphatic heterocycles. The minimum Gasteiger partial charge on any atom is -0.633 e. The zero-order valence-corrected chi connectivity index (χ0v) is 16.1. The summed E-state index contributed by atoms with van der Waals surface area (Å²) in [7, 11) is -3.94. The molecule has 0 radical (unpaired) electrons. The topological polar surface area (TPSA) is 104 Å². The van der Waals surface area contributed by atoms with Gasteiger partial charge >= 0.3 is 0 Å². The summed E-state index contributed by atoms with van der Waals surface area (Å²) in [5.74, 6) is 0. The molecule has 3 rings (SSSR count). The van der Waals surface area contributed by atoms with Crippen molar-refractivity contribution in [3.8, 4) is 0 Å². The molecule has 142 valence electrons. The van der Waals surface area contributed by atoms with E-state index in [1.165, 1.54) is 12.3 Å². The number of likely N-dealkylation sites (N-methyl/N-ethyl adjacent to an activating group) is 1. The van der Waals surface area contributed by atoms with Gasteiger partial charge in [-0.2, -0.15) is 5.10 Å². The number of nitrogens with zero attached hydrogens (tertiary/aromatic N) is 3. The van der Waals surface area contributed by atoms with Crippen LogP contribution in [0.15, 0.2) is 45.0 Å². The largest absolute Gasteiger partial charge is 0.633 e. The van der Waals surface area contributed by atoms with Crippen LogP contribution in [0.25, 0.3) is 0 Å². The molecule has 8 nitrogen and oxygen atoms in total. The second-order valence-electron chi connectivity index (χ2n) is 5.95. The summed E-state index contributed by atoms with van der Waals surface area (Å²) in [6, 6.07) is 6.41. The second-order valence-corrected chi connectivity index (χ2v) is 7.81. The molecular formula is C16H21ClN4O4S. The van der Waals surface area contributed by atoms with E-state index in [2.05, 4.69) is 10.4 Å². The average molecular weight is 401 g/mol. The van der Waals surface area contributed by atoms with Crippen LogP contribution in [-0.4, -0.2) is 42.5 Å². The Morgan fingerprint density at radius 3 is 2.50 bits per heavy atom. The first kappa shape index (κ1) is 20.4. The standard InChI is InChI=1S/C16H20N4O4S.ClH/c1-3-20(22,4-2)10-9-19-16(21)15-13(11-17-19)18-12-7-5-6-8-14(12)25(15,23)24;/h5-8,11,18H,3-4,9-10H2,1-2H3;1H. The van der Waals surface area contributed by atoms with E-state index in [0.717, 1.165) is 4.68 Å². The van der Waals surface area contributed by atoms with Crippen LogP contribution in [0, 0.1) is 5.21 Å². The maximum absolute atomic E-state index is 12.8. The molecule has 1 N–H and O–H groups in total. The summed E-state index contributed by atoms with van der Waals surface area (Å²) in [4.78, 5) is 12.4. The Kier molecular flexibility index (Phi) is 5.76. The highest BCUT2D eigenvalue weighted by molar-refractivity contribution is 7.92. The maximum atomic E-state index is 12.8. The van der Waals surface area contributed by atoms with Gasteiger partial charge in [0.15, 0.2) is 4.90 Å². The molecule has 26 heavy (non-hydrogen) atoms. The van der Waals surface area contributed by atoms with Crippen LogP contribution in [-0.2, 0) is 16.4 Å². The van der Waals surface area contributed by atoms with Crippen LogP contribution in [0.5, 0.6) is 0 Å². The van der Waals surface area contributed by atoms with Crippen LogP contribution in [0.3, 0.4) is 0 Å². The number of quaternary nitrogens is 1. The van der Waals surface area contributed by atoms with Gasteiger partial charge in [0.05, 0.1) is 48.6 Å². The number of hydrogen-bond acceptors (Lipinski definition) is 6. The monoisotopic (exact) mass is 400 g/mol. The fourth-order valence-corrected chi connectivity index (χ4v) is 4.47. The lowest BCUT2D eigenvalue weighted by Crippen LogP contribution is -2.45. The molecule has 0 fully saturated rings.